The maximum Gasteiger partial charge on any atom is 0.223 e. The molecule has 0 aliphatic carbocycles. The molecular formula is C14H18N4. The summed E-state index contributed by atoms with van der Waals surface area (Å²) in [5, 5.41) is 0. The summed E-state index contributed by atoms with van der Waals surface area (Å²) in [4.78, 5) is 12.7. The molecule has 1 aromatic carbocycles. The Morgan fingerprint density at radius 2 is 1.39 bits per heavy atom. The van der Waals surface area contributed by atoms with Crippen molar-refractivity contribution in [2.75, 3.05) is 5.73 Å². The van der Waals surface area contributed by atoms with Gasteiger partial charge in [-0.05, 0) is 56.9 Å². The second kappa shape index (κ2) is 4.37. The number of aromatic nitrogens is 3. The van der Waals surface area contributed by atoms with E-state index in [9.17, 15) is 0 Å². The van der Waals surface area contributed by atoms with E-state index in [-0.39, 0.29) is 5.95 Å². The van der Waals surface area contributed by atoms with E-state index in [0.29, 0.717) is 11.6 Å². The zero-order valence-corrected chi connectivity index (χ0v) is 11.5. The van der Waals surface area contributed by atoms with E-state index in [1.807, 2.05) is 6.92 Å². The van der Waals surface area contributed by atoms with Crippen molar-refractivity contribution in [1.29, 1.82) is 0 Å². The van der Waals surface area contributed by atoms with E-state index in [1.165, 1.54) is 22.3 Å². The molecular weight excluding hydrogens is 224 g/mol. The summed E-state index contributed by atoms with van der Waals surface area (Å²) in [5.74, 6) is 1.59. The van der Waals surface area contributed by atoms with Gasteiger partial charge >= 0.3 is 0 Å². The zero-order valence-electron chi connectivity index (χ0n) is 11.5. The first-order chi connectivity index (χ1) is 8.40. The van der Waals surface area contributed by atoms with E-state index in [0.717, 1.165) is 5.56 Å². The Morgan fingerprint density at radius 1 is 0.833 bits per heavy atom. The summed E-state index contributed by atoms with van der Waals surface area (Å²) in [6.07, 6.45) is 0. The second-order valence-corrected chi connectivity index (χ2v) is 4.70. The smallest absolute Gasteiger partial charge is 0.223 e. The van der Waals surface area contributed by atoms with Crippen molar-refractivity contribution in [3.8, 4) is 11.4 Å². The van der Waals surface area contributed by atoms with Crippen molar-refractivity contribution in [1.82, 2.24) is 15.0 Å². The Labute approximate surface area is 107 Å². The molecule has 0 saturated heterocycles. The summed E-state index contributed by atoms with van der Waals surface area (Å²) in [6, 6.07) is 2.19. The minimum absolute atomic E-state index is 0.274. The molecule has 2 aromatic rings. The molecule has 0 aliphatic rings. The van der Waals surface area contributed by atoms with Crippen LogP contribution in [-0.2, 0) is 0 Å². The highest BCUT2D eigenvalue weighted by Crippen LogP contribution is 2.29. The summed E-state index contributed by atoms with van der Waals surface area (Å²) in [5.41, 5.74) is 11.7. The van der Waals surface area contributed by atoms with Crippen molar-refractivity contribution < 1.29 is 0 Å². The van der Waals surface area contributed by atoms with Crippen molar-refractivity contribution in [3.63, 3.8) is 0 Å². The van der Waals surface area contributed by atoms with Gasteiger partial charge in [0.15, 0.2) is 5.82 Å². The monoisotopic (exact) mass is 242 g/mol. The fraction of sp³-hybridized carbons (Fsp3) is 0.357. The lowest BCUT2D eigenvalue weighted by molar-refractivity contribution is 0.990. The third kappa shape index (κ3) is 2.06. The minimum Gasteiger partial charge on any atom is -0.368 e. The lowest BCUT2D eigenvalue weighted by atomic mass is 9.94. The van der Waals surface area contributed by atoms with Gasteiger partial charge < -0.3 is 5.73 Å². The molecule has 18 heavy (non-hydrogen) atoms. The molecule has 0 spiro atoms. The SMILES string of the molecule is Cc1nc(N)nc(-c2c(C)c(C)cc(C)c2C)n1. The lowest BCUT2D eigenvalue weighted by Crippen LogP contribution is -2.05. The zero-order chi connectivity index (χ0) is 13.4. The molecule has 2 rings (SSSR count). The molecule has 94 valence electrons. The normalized spacial score (nSPS) is 10.7. The Kier molecular flexibility index (Phi) is 3.03. The number of anilines is 1. The van der Waals surface area contributed by atoms with Gasteiger partial charge in [0, 0.05) is 5.56 Å². The highest BCUT2D eigenvalue weighted by molar-refractivity contribution is 5.68. The maximum absolute atomic E-state index is 5.71. The maximum atomic E-state index is 5.71. The van der Waals surface area contributed by atoms with Gasteiger partial charge in [0.2, 0.25) is 5.95 Å². The second-order valence-electron chi connectivity index (χ2n) is 4.70. The minimum atomic E-state index is 0.274. The predicted octanol–water partition coefficient (Wildman–Crippen LogP) is 2.66. The molecule has 2 N–H and O–H groups in total. The van der Waals surface area contributed by atoms with Gasteiger partial charge in [0.05, 0.1) is 0 Å². The van der Waals surface area contributed by atoms with E-state index >= 15 is 0 Å². The standard InChI is InChI=1S/C14H18N4/c1-7-6-8(2)10(4)12(9(7)3)13-16-11(5)17-14(15)18-13/h6H,1-5H3,(H2,15,16,17,18). The Morgan fingerprint density at radius 3 is 1.89 bits per heavy atom. The van der Waals surface area contributed by atoms with Crippen LogP contribution in [0.2, 0.25) is 0 Å². The number of rotatable bonds is 1. The summed E-state index contributed by atoms with van der Waals surface area (Å²) in [6.45, 7) is 10.2. The predicted molar refractivity (Wildman–Crippen MR) is 73.4 cm³/mol. The van der Waals surface area contributed by atoms with Crippen LogP contribution < -0.4 is 5.73 Å². The van der Waals surface area contributed by atoms with Gasteiger partial charge in [-0.3, -0.25) is 0 Å². The van der Waals surface area contributed by atoms with Crippen LogP contribution in [0, 0.1) is 34.6 Å². The van der Waals surface area contributed by atoms with E-state index in [1.54, 1.807) is 0 Å². The van der Waals surface area contributed by atoms with Gasteiger partial charge in [-0.15, -0.1) is 0 Å². The number of nitrogen functional groups attached to an aromatic ring is 1. The molecule has 0 atom stereocenters. The summed E-state index contributed by atoms with van der Waals surface area (Å²) < 4.78 is 0. The molecule has 4 nitrogen and oxygen atoms in total. The molecule has 0 radical (unpaired) electrons. The van der Waals surface area contributed by atoms with Crippen LogP contribution in [0.5, 0.6) is 0 Å². The number of benzene rings is 1. The highest BCUT2D eigenvalue weighted by Gasteiger charge is 2.14. The van der Waals surface area contributed by atoms with Crippen LogP contribution in [0.1, 0.15) is 28.1 Å². The van der Waals surface area contributed by atoms with Crippen LogP contribution in [-0.4, -0.2) is 15.0 Å². The number of hydrogen-bond donors (Lipinski definition) is 1. The first-order valence-corrected chi connectivity index (χ1v) is 5.96. The molecule has 1 aromatic heterocycles. The van der Waals surface area contributed by atoms with Crippen LogP contribution in [0.4, 0.5) is 5.95 Å². The van der Waals surface area contributed by atoms with Gasteiger partial charge in [-0.25, -0.2) is 4.98 Å². The number of nitrogens with two attached hydrogens (primary N) is 1. The Bertz CT molecular complexity index is 571. The fourth-order valence-electron chi connectivity index (χ4n) is 2.17. The topological polar surface area (TPSA) is 64.7 Å². The van der Waals surface area contributed by atoms with E-state index < -0.39 is 0 Å². The lowest BCUT2D eigenvalue weighted by Gasteiger charge is -2.14. The Hall–Kier alpha value is -1.97. The van der Waals surface area contributed by atoms with Crippen LogP contribution >= 0.6 is 0 Å². The van der Waals surface area contributed by atoms with Gasteiger partial charge in [0.25, 0.3) is 0 Å². The van der Waals surface area contributed by atoms with Crippen molar-refractivity contribution in [2.45, 2.75) is 34.6 Å². The third-order valence-corrected chi connectivity index (χ3v) is 3.35. The Balaban J connectivity index is 2.78. The van der Waals surface area contributed by atoms with Crippen molar-refractivity contribution in [3.05, 3.63) is 34.1 Å². The average Bonchev–Trinajstić information content (AvgIpc) is 2.25. The van der Waals surface area contributed by atoms with Crippen LogP contribution in [0.25, 0.3) is 11.4 Å². The largest absolute Gasteiger partial charge is 0.368 e. The van der Waals surface area contributed by atoms with Crippen molar-refractivity contribution in [2.24, 2.45) is 0 Å². The molecule has 0 amide bonds. The van der Waals surface area contributed by atoms with Crippen LogP contribution in [0.15, 0.2) is 6.07 Å². The molecule has 4 heteroatoms. The summed E-state index contributed by atoms with van der Waals surface area (Å²) >= 11 is 0. The van der Waals surface area contributed by atoms with Gasteiger partial charge in [0.1, 0.15) is 5.82 Å². The third-order valence-electron chi connectivity index (χ3n) is 3.35. The number of aryl methyl sites for hydroxylation is 3. The first kappa shape index (κ1) is 12.5. The van der Waals surface area contributed by atoms with E-state index in [4.69, 9.17) is 5.73 Å². The quantitative estimate of drug-likeness (QED) is 0.835. The van der Waals surface area contributed by atoms with Gasteiger partial charge in [-0.2, -0.15) is 9.97 Å². The fourth-order valence-corrected chi connectivity index (χ4v) is 2.17. The summed E-state index contributed by atoms with van der Waals surface area (Å²) in [7, 11) is 0. The molecule has 0 aliphatic heterocycles. The molecule has 1 heterocycles. The molecule has 0 saturated carbocycles. The van der Waals surface area contributed by atoms with E-state index in [2.05, 4.69) is 48.7 Å². The van der Waals surface area contributed by atoms with Crippen LogP contribution in [0.3, 0.4) is 0 Å². The molecule has 0 bridgehead atoms. The highest BCUT2D eigenvalue weighted by atomic mass is 15.1. The molecule has 0 fully saturated rings. The van der Waals surface area contributed by atoms with Crippen molar-refractivity contribution >= 4 is 5.95 Å². The first-order valence-electron chi connectivity index (χ1n) is 5.96. The van der Waals surface area contributed by atoms with Gasteiger partial charge in [-0.1, -0.05) is 6.07 Å². The number of hydrogen-bond acceptors (Lipinski definition) is 4. The average molecular weight is 242 g/mol. The molecule has 0 unspecified atom stereocenters. The number of nitrogens with zero attached hydrogens (tertiary/aromatic N) is 3.